The van der Waals surface area contributed by atoms with Crippen molar-refractivity contribution in [2.45, 2.75) is 19.5 Å². The Morgan fingerprint density at radius 3 is 3.19 bits per heavy atom. The highest BCUT2D eigenvalue weighted by atomic mass is 16.5. The van der Waals surface area contributed by atoms with Crippen molar-refractivity contribution in [1.82, 2.24) is 19.9 Å². The van der Waals surface area contributed by atoms with E-state index in [9.17, 15) is 0 Å². The van der Waals surface area contributed by atoms with Crippen LogP contribution in [-0.2, 0) is 11.3 Å². The van der Waals surface area contributed by atoms with Gasteiger partial charge in [0, 0.05) is 30.6 Å². The van der Waals surface area contributed by atoms with Gasteiger partial charge in [0.1, 0.15) is 0 Å². The van der Waals surface area contributed by atoms with Crippen molar-refractivity contribution in [3.05, 3.63) is 29.7 Å². The zero-order valence-electron chi connectivity index (χ0n) is 9.18. The van der Waals surface area contributed by atoms with Crippen LogP contribution in [0.15, 0.2) is 18.5 Å². The van der Waals surface area contributed by atoms with Crippen molar-refractivity contribution in [2.24, 2.45) is 0 Å². The second kappa shape index (κ2) is 3.84. The van der Waals surface area contributed by atoms with Crippen molar-refractivity contribution in [3.8, 4) is 0 Å². The van der Waals surface area contributed by atoms with E-state index in [1.54, 1.807) is 0 Å². The van der Waals surface area contributed by atoms with Crippen molar-refractivity contribution in [3.63, 3.8) is 0 Å². The number of aromatic nitrogens is 3. The van der Waals surface area contributed by atoms with Crippen LogP contribution in [0, 0.1) is 6.92 Å². The molecule has 1 N–H and O–H groups in total. The van der Waals surface area contributed by atoms with Gasteiger partial charge in [-0.2, -0.15) is 5.10 Å². The minimum absolute atomic E-state index is 0.495. The zero-order valence-corrected chi connectivity index (χ0v) is 9.18. The smallest absolute Gasteiger partial charge is 0.155 e. The normalized spacial score (nSPS) is 16.6. The zero-order chi connectivity index (χ0) is 11.0. The van der Waals surface area contributed by atoms with Crippen LogP contribution in [0.2, 0.25) is 0 Å². The molecule has 1 fully saturated rings. The Morgan fingerprint density at radius 1 is 1.56 bits per heavy atom. The Kier molecular flexibility index (Phi) is 2.34. The molecule has 0 atom stereocenters. The monoisotopic (exact) mass is 218 g/mol. The Morgan fingerprint density at radius 2 is 2.44 bits per heavy atom. The molecule has 0 spiro atoms. The van der Waals surface area contributed by atoms with E-state index in [0.717, 1.165) is 36.7 Å². The van der Waals surface area contributed by atoms with Crippen molar-refractivity contribution < 1.29 is 4.74 Å². The Labute approximate surface area is 93.4 Å². The lowest BCUT2D eigenvalue weighted by Crippen LogP contribution is -2.45. The minimum atomic E-state index is 0.495. The predicted molar refractivity (Wildman–Crippen MR) is 59.2 cm³/mol. The summed E-state index contributed by atoms with van der Waals surface area (Å²) in [6.45, 7) is 4.42. The summed E-state index contributed by atoms with van der Waals surface area (Å²) < 4.78 is 6.92. The van der Waals surface area contributed by atoms with E-state index in [4.69, 9.17) is 4.74 Å². The SMILES string of the molecule is Cc1cc2ncc(CNC3COC3)cn2n1. The molecule has 1 aliphatic heterocycles. The Hall–Kier alpha value is -1.46. The van der Waals surface area contributed by atoms with E-state index in [0.29, 0.717) is 6.04 Å². The van der Waals surface area contributed by atoms with Crippen molar-refractivity contribution >= 4 is 5.65 Å². The van der Waals surface area contributed by atoms with Gasteiger partial charge >= 0.3 is 0 Å². The fourth-order valence-electron chi connectivity index (χ4n) is 1.74. The highest BCUT2D eigenvalue weighted by Crippen LogP contribution is 2.06. The summed E-state index contributed by atoms with van der Waals surface area (Å²) in [7, 11) is 0. The first-order valence-electron chi connectivity index (χ1n) is 5.43. The summed E-state index contributed by atoms with van der Waals surface area (Å²) in [6, 6.07) is 2.46. The van der Waals surface area contributed by atoms with Crippen LogP contribution in [0.25, 0.3) is 5.65 Å². The van der Waals surface area contributed by atoms with Gasteiger partial charge in [0.25, 0.3) is 0 Å². The Balaban J connectivity index is 1.75. The summed E-state index contributed by atoms with van der Waals surface area (Å²) >= 11 is 0. The van der Waals surface area contributed by atoms with Crippen LogP contribution in [0.4, 0.5) is 0 Å². The Bertz CT molecular complexity index is 504. The maximum atomic E-state index is 5.10. The van der Waals surface area contributed by atoms with Crippen LogP contribution in [0.5, 0.6) is 0 Å². The molecule has 1 saturated heterocycles. The molecule has 0 saturated carbocycles. The molecule has 0 radical (unpaired) electrons. The first-order valence-corrected chi connectivity index (χ1v) is 5.43. The molecule has 2 aromatic rings. The van der Waals surface area contributed by atoms with Crippen molar-refractivity contribution in [2.75, 3.05) is 13.2 Å². The molecular formula is C11H14N4O. The predicted octanol–water partition coefficient (Wildman–Crippen LogP) is 0.526. The maximum absolute atomic E-state index is 5.10. The lowest BCUT2D eigenvalue weighted by molar-refractivity contribution is -0.00580. The second-order valence-corrected chi connectivity index (χ2v) is 4.17. The summed E-state index contributed by atoms with van der Waals surface area (Å²) in [5.41, 5.74) is 3.03. The molecule has 0 aliphatic carbocycles. The molecule has 5 heteroatoms. The first kappa shape index (κ1) is 9.74. The highest BCUT2D eigenvalue weighted by molar-refractivity contribution is 5.38. The van der Waals surface area contributed by atoms with Crippen LogP contribution in [0.1, 0.15) is 11.3 Å². The standard InChI is InChI=1S/C11H14N4O/c1-8-2-11-13-4-9(5-15(11)14-8)3-12-10-6-16-7-10/h2,4-5,10,12H,3,6-7H2,1H3. The number of ether oxygens (including phenoxy) is 1. The lowest BCUT2D eigenvalue weighted by Gasteiger charge is -2.26. The lowest BCUT2D eigenvalue weighted by atomic mass is 10.2. The third-order valence-electron chi connectivity index (χ3n) is 2.72. The van der Waals surface area contributed by atoms with E-state index in [1.165, 1.54) is 0 Å². The van der Waals surface area contributed by atoms with Gasteiger partial charge in [0.15, 0.2) is 5.65 Å². The molecule has 5 nitrogen and oxygen atoms in total. The van der Waals surface area contributed by atoms with Crippen LogP contribution in [0.3, 0.4) is 0 Å². The first-order chi connectivity index (χ1) is 7.81. The molecule has 1 aliphatic rings. The summed E-state index contributed by atoms with van der Waals surface area (Å²) in [5, 5.41) is 7.74. The molecule has 16 heavy (non-hydrogen) atoms. The summed E-state index contributed by atoms with van der Waals surface area (Å²) in [4.78, 5) is 4.35. The summed E-state index contributed by atoms with van der Waals surface area (Å²) in [6.07, 6.45) is 3.91. The molecule has 3 rings (SSSR count). The van der Waals surface area contributed by atoms with Crippen LogP contribution < -0.4 is 5.32 Å². The van der Waals surface area contributed by atoms with Gasteiger partial charge in [-0.25, -0.2) is 9.50 Å². The van der Waals surface area contributed by atoms with Gasteiger partial charge in [-0.1, -0.05) is 0 Å². The van der Waals surface area contributed by atoms with E-state index >= 15 is 0 Å². The fraction of sp³-hybridized carbons (Fsp3) is 0.455. The molecule has 3 heterocycles. The third kappa shape index (κ3) is 1.79. The molecule has 0 aromatic carbocycles. The molecular weight excluding hydrogens is 204 g/mol. The molecule has 0 bridgehead atoms. The van der Waals surface area contributed by atoms with Gasteiger partial charge < -0.3 is 10.1 Å². The van der Waals surface area contributed by atoms with Gasteiger partial charge in [-0.05, 0) is 6.92 Å². The van der Waals surface area contributed by atoms with Gasteiger partial charge in [0.2, 0.25) is 0 Å². The minimum Gasteiger partial charge on any atom is -0.378 e. The summed E-state index contributed by atoms with van der Waals surface area (Å²) in [5.74, 6) is 0. The quantitative estimate of drug-likeness (QED) is 0.816. The molecule has 84 valence electrons. The third-order valence-corrected chi connectivity index (χ3v) is 2.72. The molecule has 0 unspecified atom stereocenters. The van der Waals surface area contributed by atoms with E-state index in [1.807, 2.05) is 29.9 Å². The number of aryl methyl sites for hydroxylation is 1. The second-order valence-electron chi connectivity index (χ2n) is 4.17. The molecule has 0 amide bonds. The van der Waals surface area contributed by atoms with Crippen LogP contribution >= 0.6 is 0 Å². The van der Waals surface area contributed by atoms with Gasteiger partial charge in [0.05, 0.1) is 24.9 Å². The average molecular weight is 218 g/mol. The molecule has 2 aromatic heterocycles. The number of fused-ring (bicyclic) bond motifs is 1. The number of hydrogen-bond acceptors (Lipinski definition) is 4. The maximum Gasteiger partial charge on any atom is 0.155 e. The van der Waals surface area contributed by atoms with Crippen molar-refractivity contribution in [1.29, 1.82) is 0 Å². The van der Waals surface area contributed by atoms with E-state index < -0.39 is 0 Å². The van der Waals surface area contributed by atoms with E-state index in [2.05, 4.69) is 15.4 Å². The average Bonchev–Trinajstić information content (AvgIpc) is 2.55. The number of rotatable bonds is 3. The highest BCUT2D eigenvalue weighted by Gasteiger charge is 2.17. The topological polar surface area (TPSA) is 51.5 Å². The number of nitrogens with one attached hydrogen (secondary N) is 1. The largest absolute Gasteiger partial charge is 0.378 e. The van der Waals surface area contributed by atoms with Crippen LogP contribution in [-0.4, -0.2) is 33.9 Å². The number of hydrogen-bond donors (Lipinski definition) is 1. The number of nitrogens with zero attached hydrogens (tertiary/aromatic N) is 3. The van der Waals surface area contributed by atoms with Gasteiger partial charge in [-0.15, -0.1) is 0 Å². The fourth-order valence-corrected chi connectivity index (χ4v) is 1.74. The van der Waals surface area contributed by atoms with E-state index in [-0.39, 0.29) is 0 Å². The van der Waals surface area contributed by atoms with Gasteiger partial charge in [-0.3, -0.25) is 0 Å².